The first-order chi connectivity index (χ1) is 10.1. The minimum atomic E-state index is -0.282. The van der Waals surface area contributed by atoms with Crippen LogP contribution in [-0.2, 0) is 0 Å². The number of anilines is 2. The van der Waals surface area contributed by atoms with Crippen LogP contribution in [0.2, 0.25) is 0 Å². The highest BCUT2D eigenvalue weighted by atomic mass is 19.1. The van der Waals surface area contributed by atoms with Crippen molar-refractivity contribution in [2.75, 3.05) is 5.32 Å². The highest BCUT2D eigenvalue weighted by Gasteiger charge is 2.11. The Morgan fingerprint density at radius 2 is 1.76 bits per heavy atom. The van der Waals surface area contributed by atoms with Crippen LogP contribution in [0, 0.1) is 19.7 Å². The summed E-state index contributed by atoms with van der Waals surface area (Å²) in [5.74, 6) is 0.321. The van der Waals surface area contributed by atoms with Gasteiger partial charge in [-0.25, -0.2) is 9.37 Å². The molecule has 0 atom stereocenters. The molecule has 0 aliphatic carbocycles. The van der Waals surface area contributed by atoms with Crippen LogP contribution in [0.4, 0.5) is 16.0 Å². The molecule has 0 aliphatic heterocycles. The molecule has 4 heteroatoms. The number of aromatic nitrogens is 2. The second-order valence-electron chi connectivity index (χ2n) is 4.97. The number of nitrogens with zero attached hydrogens (tertiary/aromatic N) is 2. The number of aryl methyl sites for hydroxylation is 2. The molecule has 21 heavy (non-hydrogen) atoms. The number of hydrogen-bond donors (Lipinski definition) is 1. The first-order valence-electron chi connectivity index (χ1n) is 6.78. The van der Waals surface area contributed by atoms with Crippen LogP contribution in [0.5, 0.6) is 0 Å². The second kappa shape index (κ2) is 5.40. The molecule has 0 saturated carbocycles. The van der Waals surface area contributed by atoms with Gasteiger partial charge in [-0.3, -0.25) is 4.57 Å². The summed E-state index contributed by atoms with van der Waals surface area (Å²) < 4.78 is 15.9. The Bertz CT molecular complexity index is 743. The summed E-state index contributed by atoms with van der Waals surface area (Å²) in [5, 5.41) is 3.11. The van der Waals surface area contributed by atoms with E-state index in [1.54, 1.807) is 6.07 Å². The summed E-state index contributed by atoms with van der Waals surface area (Å²) in [4.78, 5) is 4.45. The third kappa shape index (κ3) is 2.65. The van der Waals surface area contributed by atoms with Gasteiger partial charge in [0.25, 0.3) is 0 Å². The van der Waals surface area contributed by atoms with E-state index in [0.29, 0.717) is 11.6 Å². The molecule has 0 amide bonds. The van der Waals surface area contributed by atoms with E-state index in [2.05, 4.69) is 10.3 Å². The SMILES string of the molecule is Cc1cn(-c2ccccc2)c(Nc2c(C)cccc2F)n1. The van der Waals surface area contributed by atoms with E-state index in [0.717, 1.165) is 16.9 Å². The number of halogens is 1. The van der Waals surface area contributed by atoms with Gasteiger partial charge in [-0.15, -0.1) is 0 Å². The molecule has 3 nitrogen and oxygen atoms in total. The lowest BCUT2D eigenvalue weighted by Gasteiger charge is -2.12. The normalized spacial score (nSPS) is 10.6. The number of nitrogens with one attached hydrogen (secondary N) is 1. The van der Waals surface area contributed by atoms with Gasteiger partial charge in [0, 0.05) is 11.9 Å². The summed E-state index contributed by atoms with van der Waals surface area (Å²) >= 11 is 0. The summed E-state index contributed by atoms with van der Waals surface area (Å²) in [6.45, 7) is 3.78. The van der Waals surface area contributed by atoms with Gasteiger partial charge < -0.3 is 5.32 Å². The summed E-state index contributed by atoms with van der Waals surface area (Å²) in [7, 11) is 0. The fourth-order valence-corrected chi connectivity index (χ4v) is 2.27. The number of para-hydroxylation sites is 2. The quantitative estimate of drug-likeness (QED) is 0.772. The standard InChI is InChI=1S/C17H16FN3/c1-12-7-6-10-15(18)16(12)20-17-19-13(2)11-21(17)14-8-4-3-5-9-14/h3-11H,1-2H3,(H,19,20). The fourth-order valence-electron chi connectivity index (χ4n) is 2.27. The lowest BCUT2D eigenvalue weighted by Crippen LogP contribution is -2.03. The van der Waals surface area contributed by atoms with E-state index in [9.17, 15) is 4.39 Å². The van der Waals surface area contributed by atoms with E-state index in [1.807, 2.05) is 61.0 Å². The van der Waals surface area contributed by atoms with Crippen molar-refractivity contribution in [3.63, 3.8) is 0 Å². The number of rotatable bonds is 3. The zero-order chi connectivity index (χ0) is 14.8. The predicted octanol–water partition coefficient (Wildman–Crippen LogP) is 4.37. The van der Waals surface area contributed by atoms with E-state index in [-0.39, 0.29) is 5.82 Å². The minimum absolute atomic E-state index is 0.282. The average Bonchev–Trinajstić information content (AvgIpc) is 2.85. The van der Waals surface area contributed by atoms with Crippen molar-refractivity contribution in [3.8, 4) is 5.69 Å². The zero-order valence-corrected chi connectivity index (χ0v) is 12.0. The van der Waals surface area contributed by atoms with Crippen LogP contribution in [0.1, 0.15) is 11.3 Å². The van der Waals surface area contributed by atoms with Crippen LogP contribution in [0.15, 0.2) is 54.7 Å². The highest BCUT2D eigenvalue weighted by molar-refractivity contribution is 5.61. The Labute approximate surface area is 123 Å². The Hall–Kier alpha value is -2.62. The molecule has 1 aromatic heterocycles. The molecule has 1 heterocycles. The Kier molecular flexibility index (Phi) is 3.44. The average molecular weight is 281 g/mol. The van der Waals surface area contributed by atoms with Crippen molar-refractivity contribution in [1.29, 1.82) is 0 Å². The predicted molar refractivity (Wildman–Crippen MR) is 82.7 cm³/mol. The van der Waals surface area contributed by atoms with Crippen molar-refractivity contribution in [3.05, 3.63) is 71.8 Å². The Morgan fingerprint density at radius 1 is 1.00 bits per heavy atom. The molecular weight excluding hydrogens is 265 g/mol. The van der Waals surface area contributed by atoms with Crippen LogP contribution in [-0.4, -0.2) is 9.55 Å². The molecule has 0 aliphatic rings. The van der Waals surface area contributed by atoms with Gasteiger partial charge in [-0.2, -0.15) is 0 Å². The van der Waals surface area contributed by atoms with Crippen LogP contribution >= 0.6 is 0 Å². The third-order valence-corrected chi connectivity index (χ3v) is 3.32. The van der Waals surface area contributed by atoms with Gasteiger partial charge in [-0.1, -0.05) is 30.3 Å². The molecule has 2 aromatic carbocycles. The van der Waals surface area contributed by atoms with Gasteiger partial charge in [-0.05, 0) is 37.6 Å². The first-order valence-corrected chi connectivity index (χ1v) is 6.78. The van der Waals surface area contributed by atoms with Crippen LogP contribution in [0.25, 0.3) is 5.69 Å². The van der Waals surface area contributed by atoms with Gasteiger partial charge >= 0.3 is 0 Å². The largest absolute Gasteiger partial charge is 0.323 e. The zero-order valence-electron chi connectivity index (χ0n) is 12.0. The molecule has 0 radical (unpaired) electrons. The second-order valence-corrected chi connectivity index (χ2v) is 4.97. The summed E-state index contributed by atoms with van der Waals surface area (Å²) in [6, 6.07) is 14.9. The van der Waals surface area contributed by atoms with Gasteiger partial charge in [0.05, 0.1) is 11.4 Å². The summed E-state index contributed by atoms with van der Waals surface area (Å²) in [5.41, 5.74) is 3.15. The monoisotopic (exact) mass is 281 g/mol. The maximum Gasteiger partial charge on any atom is 0.212 e. The van der Waals surface area contributed by atoms with Crippen LogP contribution in [0.3, 0.4) is 0 Å². The molecule has 0 spiro atoms. The number of benzene rings is 2. The smallest absolute Gasteiger partial charge is 0.212 e. The van der Waals surface area contributed by atoms with E-state index in [1.165, 1.54) is 6.07 Å². The molecule has 0 fully saturated rings. The van der Waals surface area contributed by atoms with Crippen molar-refractivity contribution >= 4 is 11.6 Å². The van der Waals surface area contributed by atoms with E-state index in [4.69, 9.17) is 0 Å². The van der Waals surface area contributed by atoms with E-state index < -0.39 is 0 Å². The van der Waals surface area contributed by atoms with Crippen LogP contribution < -0.4 is 5.32 Å². The molecular formula is C17H16FN3. The maximum absolute atomic E-state index is 14.0. The summed E-state index contributed by atoms with van der Waals surface area (Å²) in [6.07, 6.45) is 1.92. The lowest BCUT2D eigenvalue weighted by atomic mass is 10.2. The third-order valence-electron chi connectivity index (χ3n) is 3.32. The van der Waals surface area contributed by atoms with Crippen molar-refractivity contribution < 1.29 is 4.39 Å². The van der Waals surface area contributed by atoms with Gasteiger partial charge in [0.15, 0.2) is 0 Å². The van der Waals surface area contributed by atoms with Gasteiger partial charge in [0.1, 0.15) is 5.82 Å². The highest BCUT2D eigenvalue weighted by Crippen LogP contribution is 2.25. The number of hydrogen-bond acceptors (Lipinski definition) is 2. The molecule has 106 valence electrons. The topological polar surface area (TPSA) is 29.9 Å². The van der Waals surface area contributed by atoms with Crippen molar-refractivity contribution in [2.24, 2.45) is 0 Å². The first kappa shape index (κ1) is 13.4. The van der Waals surface area contributed by atoms with E-state index >= 15 is 0 Å². The van der Waals surface area contributed by atoms with Gasteiger partial charge in [0.2, 0.25) is 5.95 Å². The lowest BCUT2D eigenvalue weighted by molar-refractivity contribution is 0.630. The van der Waals surface area contributed by atoms with Crippen molar-refractivity contribution in [1.82, 2.24) is 9.55 Å². The molecule has 3 rings (SSSR count). The number of imidazole rings is 1. The molecule has 0 unspecified atom stereocenters. The molecule has 3 aromatic rings. The maximum atomic E-state index is 14.0. The molecule has 0 saturated heterocycles. The molecule has 0 bridgehead atoms. The Balaban J connectivity index is 2.04. The van der Waals surface area contributed by atoms with Crippen molar-refractivity contribution in [2.45, 2.75) is 13.8 Å². The minimum Gasteiger partial charge on any atom is -0.323 e. The Morgan fingerprint density at radius 3 is 2.48 bits per heavy atom. The molecule has 1 N–H and O–H groups in total. The fraction of sp³-hybridized carbons (Fsp3) is 0.118.